The number of benzene rings is 2. The molecule has 2 aromatic rings. The van der Waals surface area contributed by atoms with Crippen LogP contribution in [0.2, 0.25) is 5.02 Å². The van der Waals surface area contributed by atoms with Crippen molar-refractivity contribution in [3.63, 3.8) is 0 Å². The molecule has 21 heavy (non-hydrogen) atoms. The smallest absolute Gasteiger partial charge is 0.161 e. The Morgan fingerprint density at radius 2 is 1.81 bits per heavy atom. The van der Waals surface area contributed by atoms with Crippen LogP contribution in [0.4, 0.5) is 4.39 Å². The Kier molecular flexibility index (Phi) is 3.99. The second-order valence-electron chi connectivity index (χ2n) is 4.90. The number of hydrogen-bond acceptors (Lipinski definition) is 3. The van der Waals surface area contributed by atoms with E-state index in [0.29, 0.717) is 35.3 Å². The molecule has 1 heterocycles. The lowest BCUT2D eigenvalue weighted by Crippen LogP contribution is -2.13. The second-order valence-corrected chi connectivity index (χ2v) is 5.34. The van der Waals surface area contributed by atoms with Crippen molar-refractivity contribution in [2.45, 2.75) is 12.5 Å². The number of hydrogen-bond donors (Lipinski definition) is 1. The van der Waals surface area contributed by atoms with Crippen LogP contribution in [0.25, 0.3) is 0 Å². The van der Waals surface area contributed by atoms with Crippen molar-refractivity contribution in [3.05, 3.63) is 58.4 Å². The van der Waals surface area contributed by atoms with Crippen molar-refractivity contribution in [2.75, 3.05) is 13.2 Å². The lowest BCUT2D eigenvalue weighted by molar-refractivity contribution is 0.297. The van der Waals surface area contributed by atoms with Crippen LogP contribution in [0.5, 0.6) is 11.5 Å². The summed E-state index contributed by atoms with van der Waals surface area (Å²) in [5.74, 6) is 0.928. The van der Waals surface area contributed by atoms with E-state index in [1.54, 1.807) is 18.2 Å². The van der Waals surface area contributed by atoms with Crippen molar-refractivity contribution in [1.29, 1.82) is 0 Å². The third-order valence-corrected chi connectivity index (χ3v) is 3.66. The predicted octanol–water partition coefficient (Wildman–Crippen LogP) is 3.69. The van der Waals surface area contributed by atoms with Gasteiger partial charge in [-0.25, -0.2) is 4.39 Å². The van der Waals surface area contributed by atoms with Gasteiger partial charge in [0, 0.05) is 17.0 Å². The van der Waals surface area contributed by atoms with E-state index in [1.165, 1.54) is 6.07 Å². The molecule has 0 bridgehead atoms. The zero-order valence-electron chi connectivity index (χ0n) is 11.3. The van der Waals surface area contributed by atoms with Gasteiger partial charge in [-0.05, 0) is 29.8 Å². The van der Waals surface area contributed by atoms with Gasteiger partial charge < -0.3 is 15.2 Å². The Balaban J connectivity index is 1.94. The summed E-state index contributed by atoms with van der Waals surface area (Å²) >= 11 is 5.76. The van der Waals surface area contributed by atoms with Crippen LogP contribution in [0.3, 0.4) is 0 Å². The summed E-state index contributed by atoms with van der Waals surface area (Å²) in [6.45, 7) is 1.23. The molecule has 2 N–H and O–H groups in total. The van der Waals surface area contributed by atoms with Gasteiger partial charge in [-0.1, -0.05) is 23.7 Å². The van der Waals surface area contributed by atoms with Crippen LogP contribution in [0.1, 0.15) is 23.6 Å². The quantitative estimate of drug-likeness (QED) is 0.920. The number of rotatable bonds is 2. The summed E-state index contributed by atoms with van der Waals surface area (Å²) in [6.07, 6.45) is 0.835. The average Bonchev–Trinajstić information content (AvgIpc) is 2.71. The van der Waals surface area contributed by atoms with E-state index in [-0.39, 0.29) is 0 Å². The van der Waals surface area contributed by atoms with Gasteiger partial charge in [-0.3, -0.25) is 0 Å². The third-order valence-electron chi connectivity index (χ3n) is 3.43. The Labute approximate surface area is 127 Å². The second kappa shape index (κ2) is 5.92. The average molecular weight is 308 g/mol. The molecule has 1 aliphatic rings. The molecule has 0 saturated heterocycles. The summed E-state index contributed by atoms with van der Waals surface area (Å²) in [7, 11) is 0. The van der Waals surface area contributed by atoms with Gasteiger partial charge in [0.1, 0.15) is 5.82 Å². The maximum atomic E-state index is 14.0. The molecule has 3 rings (SSSR count). The fourth-order valence-electron chi connectivity index (χ4n) is 2.31. The maximum Gasteiger partial charge on any atom is 0.161 e. The minimum absolute atomic E-state index is 0.349. The molecule has 0 radical (unpaired) electrons. The highest BCUT2D eigenvalue weighted by Gasteiger charge is 2.17. The van der Waals surface area contributed by atoms with Gasteiger partial charge in [0.15, 0.2) is 11.5 Å². The monoisotopic (exact) mass is 307 g/mol. The summed E-state index contributed by atoms with van der Waals surface area (Å²) in [5, 5.41) is 0.349. The van der Waals surface area contributed by atoms with Gasteiger partial charge in [0.2, 0.25) is 0 Å². The Bertz CT molecular complexity index is 663. The van der Waals surface area contributed by atoms with E-state index >= 15 is 0 Å². The van der Waals surface area contributed by atoms with Gasteiger partial charge in [0.05, 0.1) is 19.3 Å². The van der Waals surface area contributed by atoms with Crippen molar-refractivity contribution in [3.8, 4) is 11.5 Å². The van der Waals surface area contributed by atoms with E-state index < -0.39 is 11.9 Å². The lowest BCUT2D eigenvalue weighted by atomic mass is 9.99. The number of halogens is 2. The largest absolute Gasteiger partial charge is 0.490 e. The van der Waals surface area contributed by atoms with Gasteiger partial charge in [0.25, 0.3) is 0 Å². The van der Waals surface area contributed by atoms with Crippen molar-refractivity contribution in [2.24, 2.45) is 5.73 Å². The van der Waals surface area contributed by atoms with E-state index in [4.69, 9.17) is 26.8 Å². The number of nitrogens with two attached hydrogens (primary N) is 1. The molecular formula is C16H15ClFNO2. The van der Waals surface area contributed by atoms with Gasteiger partial charge in [-0.2, -0.15) is 0 Å². The number of ether oxygens (including phenoxy) is 2. The highest BCUT2D eigenvalue weighted by molar-refractivity contribution is 6.30. The molecule has 110 valence electrons. The minimum atomic E-state index is -0.584. The predicted molar refractivity (Wildman–Crippen MR) is 79.5 cm³/mol. The highest BCUT2D eigenvalue weighted by atomic mass is 35.5. The van der Waals surface area contributed by atoms with Crippen LogP contribution >= 0.6 is 11.6 Å². The van der Waals surface area contributed by atoms with Crippen LogP contribution in [-0.2, 0) is 0 Å². The molecule has 1 aliphatic heterocycles. The van der Waals surface area contributed by atoms with Crippen LogP contribution in [0, 0.1) is 5.82 Å². The minimum Gasteiger partial charge on any atom is -0.490 e. The fourth-order valence-corrected chi connectivity index (χ4v) is 2.47. The standard InChI is InChI=1S/C16H15ClFNO2/c17-11-3-4-12(13(18)9-11)16(19)10-2-5-14-15(8-10)21-7-1-6-20-14/h2-5,8-9,16H,1,6-7,19H2. The first-order valence-electron chi connectivity index (χ1n) is 6.75. The SMILES string of the molecule is NC(c1ccc2c(c1)OCCCO2)c1ccc(Cl)cc1F. The third kappa shape index (κ3) is 2.96. The molecule has 0 spiro atoms. The normalized spacial score (nSPS) is 15.4. The van der Waals surface area contributed by atoms with Crippen LogP contribution in [-0.4, -0.2) is 13.2 Å². The first-order valence-corrected chi connectivity index (χ1v) is 7.13. The Hall–Kier alpha value is -1.78. The molecule has 1 unspecified atom stereocenters. The molecule has 1 atom stereocenters. The summed E-state index contributed by atoms with van der Waals surface area (Å²) < 4.78 is 25.2. The van der Waals surface area contributed by atoms with Gasteiger partial charge in [-0.15, -0.1) is 0 Å². The summed E-state index contributed by atoms with van der Waals surface area (Å²) in [5.41, 5.74) is 7.32. The molecule has 5 heteroatoms. The van der Waals surface area contributed by atoms with Crippen LogP contribution < -0.4 is 15.2 Å². The molecule has 2 aromatic carbocycles. The molecule has 0 fully saturated rings. The summed E-state index contributed by atoms with van der Waals surface area (Å²) in [6, 6.07) is 9.35. The highest BCUT2D eigenvalue weighted by Crippen LogP contribution is 2.34. The molecular weight excluding hydrogens is 293 g/mol. The van der Waals surface area contributed by atoms with Crippen molar-refractivity contribution >= 4 is 11.6 Å². The molecule has 3 nitrogen and oxygen atoms in total. The lowest BCUT2D eigenvalue weighted by Gasteiger charge is -2.16. The molecule has 0 aliphatic carbocycles. The van der Waals surface area contributed by atoms with E-state index in [1.807, 2.05) is 12.1 Å². The first kappa shape index (κ1) is 14.2. The van der Waals surface area contributed by atoms with Crippen molar-refractivity contribution < 1.29 is 13.9 Å². The van der Waals surface area contributed by atoms with Crippen LogP contribution in [0.15, 0.2) is 36.4 Å². The van der Waals surface area contributed by atoms with E-state index in [2.05, 4.69) is 0 Å². The summed E-state index contributed by atoms with van der Waals surface area (Å²) in [4.78, 5) is 0. The zero-order chi connectivity index (χ0) is 14.8. The zero-order valence-corrected chi connectivity index (χ0v) is 12.1. The molecule has 0 amide bonds. The molecule has 0 saturated carbocycles. The number of fused-ring (bicyclic) bond motifs is 1. The van der Waals surface area contributed by atoms with Gasteiger partial charge >= 0.3 is 0 Å². The maximum absolute atomic E-state index is 14.0. The topological polar surface area (TPSA) is 44.5 Å². The van der Waals surface area contributed by atoms with E-state index in [9.17, 15) is 4.39 Å². The first-order chi connectivity index (χ1) is 10.1. The van der Waals surface area contributed by atoms with Crippen molar-refractivity contribution in [1.82, 2.24) is 0 Å². The fraction of sp³-hybridized carbons (Fsp3) is 0.250. The Morgan fingerprint density at radius 1 is 1.05 bits per heavy atom. The Morgan fingerprint density at radius 3 is 2.57 bits per heavy atom. The molecule has 0 aromatic heterocycles. The van der Waals surface area contributed by atoms with E-state index in [0.717, 1.165) is 12.0 Å².